The zero-order valence-corrected chi connectivity index (χ0v) is 12.7. The van der Waals surface area contributed by atoms with Crippen molar-refractivity contribution in [3.8, 4) is 0 Å². The number of rotatable bonds is 5. The molecule has 1 aromatic heterocycles. The van der Waals surface area contributed by atoms with Crippen molar-refractivity contribution in [3.05, 3.63) is 42.1 Å². The summed E-state index contributed by atoms with van der Waals surface area (Å²) in [5, 5.41) is 11.9. The van der Waals surface area contributed by atoms with Gasteiger partial charge in [0.05, 0.1) is 11.2 Å². The Hall–Kier alpha value is -1.06. The van der Waals surface area contributed by atoms with E-state index in [-0.39, 0.29) is 16.1 Å². The van der Waals surface area contributed by atoms with Crippen molar-refractivity contribution in [2.24, 2.45) is 0 Å². The lowest BCUT2D eigenvalue weighted by Crippen LogP contribution is -2.29. The van der Waals surface area contributed by atoms with Crippen LogP contribution in [0.25, 0.3) is 10.9 Å². The summed E-state index contributed by atoms with van der Waals surface area (Å²) < 4.78 is 0. The molecule has 2 unspecified atom stereocenters. The van der Waals surface area contributed by atoms with Gasteiger partial charge in [-0.05, 0) is 43.8 Å². The molecule has 0 spiro atoms. The number of benzene rings is 1. The highest BCUT2D eigenvalue weighted by molar-refractivity contribution is 7.97. The first-order valence-corrected chi connectivity index (χ1v) is 8.50. The van der Waals surface area contributed by atoms with Crippen LogP contribution in [0.1, 0.15) is 32.6 Å². The van der Waals surface area contributed by atoms with Crippen LogP contribution in [0.2, 0.25) is 0 Å². The number of nitrogens with zero attached hydrogens (tertiary/aromatic N) is 1. The number of para-hydroxylation sites is 1. The van der Waals surface area contributed by atoms with Crippen LogP contribution in [0.4, 0.5) is 0 Å². The van der Waals surface area contributed by atoms with Gasteiger partial charge >= 0.3 is 0 Å². The van der Waals surface area contributed by atoms with E-state index in [2.05, 4.69) is 25.8 Å². The van der Waals surface area contributed by atoms with Crippen molar-refractivity contribution in [1.29, 1.82) is 0 Å². The lowest BCUT2D eigenvalue weighted by Gasteiger charge is -2.19. The summed E-state index contributed by atoms with van der Waals surface area (Å²) >= 11 is 0. The summed E-state index contributed by atoms with van der Waals surface area (Å²) in [4.78, 5) is 4.60. The van der Waals surface area contributed by atoms with Gasteiger partial charge in [0.15, 0.2) is 0 Å². The third kappa shape index (κ3) is 3.10. The van der Waals surface area contributed by atoms with E-state index in [0.717, 1.165) is 28.1 Å². The molecule has 0 aliphatic carbocycles. The highest BCUT2D eigenvalue weighted by Gasteiger charge is 2.31. The molecule has 0 saturated carbocycles. The van der Waals surface area contributed by atoms with E-state index in [0.29, 0.717) is 0 Å². The molecule has 0 saturated heterocycles. The Bertz CT molecular complexity index is 539. The van der Waals surface area contributed by atoms with E-state index in [9.17, 15) is 5.11 Å². The summed E-state index contributed by atoms with van der Waals surface area (Å²) in [6, 6.07) is 12.0. The van der Waals surface area contributed by atoms with Crippen LogP contribution in [0.15, 0.2) is 36.4 Å². The van der Waals surface area contributed by atoms with Crippen molar-refractivity contribution in [3.63, 3.8) is 0 Å². The maximum Gasteiger partial charge on any atom is 0.146 e. The molecular weight excluding hydrogens is 254 g/mol. The molecule has 0 radical (unpaired) electrons. The second-order valence-corrected chi connectivity index (χ2v) is 7.67. The predicted molar refractivity (Wildman–Crippen MR) is 84.6 cm³/mol. The van der Waals surface area contributed by atoms with Gasteiger partial charge in [0.1, 0.15) is 22.9 Å². The van der Waals surface area contributed by atoms with Gasteiger partial charge in [-0.15, -0.1) is 0 Å². The van der Waals surface area contributed by atoms with Gasteiger partial charge < -0.3 is 5.11 Å². The average Bonchev–Trinajstić information content (AvgIpc) is 2.47. The molecule has 1 N–H and O–H groups in total. The Morgan fingerprint density at radius 2 is 1.79 bits per heavy atom. The van der Waals surface area contributed by atoms with Crippen LogP contribution in [-0.2, 0) is 10.9 Å². The Morgan fingerprint density at radius 3 is 2.47 bits per heavy atom. The van der Waals surface area contributed by atoms with Crippen molar-refractivity contribution >= 4 is 21.8 Å². The number of hydrogen-bond donors (Lipinski definition) is 1. The molecule has 19 heavy (non-hydrogen) atoms. The molecule has 1 heterocycles. The van der Waals surface area contributed by atoms with E-state index in [4.69, 9.17) is 0 Å². The fourth-order valence-electron chi connectivity index (χ4n) is 2.40. The topological polar surface area (TPSA) is 33.1 Å². The minimum absolute atomic E-state index is 0.263. The Balaban J connectivity index is 2.28. The van der Waals surface area contributed by atoms with Crippen LogP contribution < -0.4 is 0 Å². The second-order valence-electron chi connectivity index (χ2n) is 4.69. The van der Waals surface area contributed by atoms with Crippen LogP contribution in [0.5, 0.6) is 0 Å². The highest BCUT2D eigenvalue weighted by Crippen LogP contribution is 2.24. The zero-order chi connectivity index (χ0) is 13.8. The first kappa shape index (κ1) is 14.4. The smallest absolute Gasteiger partial charge is 0.146 e. The molecule has 102 valence electrons. The normalized spacial score (nSPS) is 14.8. The van der Waals surface area contributed by atoms with Gasteiger partial charge in [0, 0.05) is 5.39 Å². The fraction of sp³-hybridized carbons (Fsp3) is 0.438. The largest absolute Gasteiger partial charge is 0.382 e. The number of pyridine rings is 1. The minimum Gasteiger partial charge on any atom is -0.382 e. The van der Waals surface area contributed by atoms with E-state index in [1.165, 1.54) is 0 Å². The van der Waals surface area contributed by atoms with Gasteiger partial charge in [0.2, 0.25) is 0 Å². The Kier molecular flexibility index (Phi) is 4.83. The quantitative estimate of drug-likeness (QED) is 0.850. The van der Waals surface area contributed by atoms with Crippen molar-refractivity contribution in [2.45, 2.75) is 32.1 Å². The van der Waals surface area contributed by atoms with Crippen LogP contribution >= 0.6 is 0 Å². The third-order valence-corrected chi connectivity index (χ3v) is 6.43. The summed E-state index contributed by atoms with van der Waals surface area (Å²) in [6.45, 7) is 6.53. The first-order valence-electron chi connectivity index (χ1n) is 6.87. The van der Waals surface area contributed by atoms with Gasteiger partial charge in [-0.25, -0.2) is 4.98 Å². The standard InChI is InChI=1S/C16H22NOS/c1-4-19(5-2)12(3)16(18)15-11-10-13-8-6-7-9-14(13)17-15/h6-12,16,18H,4-5H2,1-3H3/q+1. The Labute approximate surface area is 118 Å². The molecule has 0 aliphatic heterocycles. The number of fused-ring (bicyclic) bond motifs is 1. The molecular formula is C16H22NOS+. The lowest BCUT2D eigenvalue weighted by atomic mass is 10.1. The minimum atomic E-state index is -0.465. The SMILES string of the molecule is CC[S+](CC)C(C)C(O)c1ccc2ccccc2n1. The molecule has 0 bridgehead atoms. The van der Waals surface area contributed by atoms with Gasteiger partial charge in [-0.1, -0.05) is 24.3 Å². The second kappa shape index (κ2) is 6.40. The number of aliphatic hydroxyl groups is 1. The summed E-state index contributed by atoms with van der Waals surface area (Å²) in [7, 11) is 0.263. The lowest BCUT2D eigenvalue weighted by molar-refractivity contribution is 0.174. The first-order chi connectivity index (χ1) is 9.17. The number of hydrogen-bond acceptors (Lipinski definition) is 2. The third-order valence-electron chi connectivity index (χ3n) is 3.63. The van der Waals surface area contributed by atoms with Crippen LogP contribution in [0, 0.1) is 0 Å². The van der Waals surface area contributed by atoms with Crippen molar-refractivity contribution < 1.29 is 5.11 Å². The molecule has 2 nitrogen and oxygen atoms in total. The summed E-state index contributed by atoms with van der Waals surface area (Å²) in [6.07, 6.45) is -0.465. The van der Waals surface area contributed by atoms with E-state index in [1.807, 2.05) is 36.4 Å². The van der Waals surface area contributed by atoms with Gasteiger partial charge in [-0.2, -0.15) is 0 Å². The number of aromatic nitrogens is 1. The van der Waals surface area contributed by atoms with E-state index in [1.54, 1.807) is 0 Å². The van der Waals surface area contributed by atoms with Gasteiger partial charge in [0.25, 0.3) is 0 Å². The molecule has 0 fully saturated rings. The maximum atomic E-state index is 10.5. The Morgan fingerprint density at radius 1 is 1.11 bits per heavy atom. The monoisotopic (exact) mass is 276 g/mol. The van der Waals surface area contributed by atoms with Crippen molar-refractivity contribution in [1.82, 2.24) is 4.98 Å². The highest BCUT2D eigenvalue weighted by atomic mass is 32.2. The molecule has 0 aliphatic rings. The molecule has 3 heteroatoms. The van der Waals surface area contributed by atoms with Crippen molar-refractivity contribution in [2.75, 3.05) is 11.5 Å². The van der Waals surface area contributed by atoms with E-state index < -0.39 is 6.10 Å². The summed E-state index contributed by atoms with van der Waals surface area (Å²) in [5.74, 6) is 2.25. The van der Waals surface area contributed by atoms with Crippen LogP contribution in [-0.4, -0.2) is 26.8 Å². The van der Waals surface area contributed by atoms with Gasteiger partial charge in [-0.3, -0.25) is 0 Å². The number of aliphatic hydroxyl groups excluding tert-OH is 1. The summed E-state index contributed by atoms with van der Waals surface area (Å²) in [5.41, 5.74) is 1.75. The predicted octanol–water partition coefficient (Wildman–Crippen LogP) is 3.31. The average molecular weight is 276 g/mol. The van der Waals surface area contributed by atoms with Crippen LogP contribution in [0.3, 0.4) is 0 Å². The fourth-order valence-corrected chi connectivity index (χ4v) is 4.36. The molecule has 2 aromatic rings. The maximum absolute atomic E-state index is 10.5. The molecule has 1 aromatic carbocycles. The zero-order valence-electron chi connectivity index (χ0n) is 11.8. The van der Waals surface area contributed by atoms with E-state index >= 15 is 0 Å². The molecule has 2 rings (SSSR count). The molecule has 0 amide bonds. The molecule has 2 atom stereocenters.